The lowest BCUT2D eigenvalue weighted by Gasteiger charge is -2.15. The van der Waals surface area contributed by atoms with Gasteiger partial charge in [-0.2, -0.15) is 12.6 Å². The molecule has 1 heterocycles. The molecule has 3 unspecified atom stereocenters. The van der Waals surface area contributed by atoms with E-state index in [4.69, 9.17) is 26.7 Å². The number of unbranched alkanes of at least 4 members (excludes halogenated alkanes) is 2. The highest BCUT2D eigenvalue weighted by molar-refractivity contribution is 7.81. The maximum absolute atomic E-state index is 15.4. The normalized spacial score (nSPS) is 17.4. The van der Waals surface area contributed by atoms with Gasteiger partial charge in [0.2, 0.25) is 17.7 Å². The number of pyridine rings is 1. The number of amides is 4. The first-order chi connectivity index (χ1) is 22.9. The molecule has 1 aromatic heterocycles. The van der Waals surface area contributed by atoms with Gasteiger partial charge in [-0.05, 0) is 73.4 Å². The number of carbonyl (C=O) groups is 4. The van der Waals surface area contributed by atoms with E-state index in [1.807, 2.05) is 0 Å². The first-order valence-electron chi connectivity index (χ1n) is 15.1. The monoisotopic (exact) mass is 677 g/mol. The van der Waals surface area contributed by atoms with Crippen LogP contribution in [0.1, 0.15) is 53.9 Å². The number of fused-ring (bicyclic) bond motifs is 1. The minimum Gasteiger partial charge on any atom is -0.493 e. The molecule has 7 N–H and O–H groups in total. The van der Waals surface area contributed by atoms with Crippen LogP contribution >= 0.6 is 12.6 Å². The van der Waals surface area contributed by atoms with E-state index in [1.54, 1.807) is 6.07 Å². The molecule has 0 aliphatic heterocycles. The molecule has 0 bridgehead atoms. The zero-order valence-corrected chi connectivity index (χ0v) is 26.5. The number of carbonyl (C=O) groups excluding carboxylic acids is 4. The molecule has 4 amide bonds. The van der Waals surface area contributed by atoms with Crippen molar-refractivity contribution in [1.82, 2.24) is 4.98 Å². The van der Waals surface area contributed by atoms with Crippen LogP contribution < -0.4 is 32.0 Å². The summed E-state index contributed by atoms with van der Waals surface area (Å²) < 4.78 is 40.4. The Morgan fingerprint density at radius 3 is 2.35 bits per heavy atom. The van der Waals surface area contributed by atoms with E-state index in [9.17, 15) is 23.6 Å². The van der Waals surface area contributed by atoms with Crippen molar-refractivity contribution < 1.29 is 37.4 Å². The molecule has 1 aliphatic rings. The van der Waals surface area contributed by atoms with Crippen LogP contribution in [0.2, 0.25) is 0 Å². The first kappa shape index (κ1) is 34.1. The Labute approximate surface area is 279 Å². The van der Waals surface area contributed by atoms with Gasteiger partial charge in [0.15, 0.2) is 11.6 Å². The predicted molar refractivity (Wildman–Crippen MR) is 177 cm³/mol. The molecule has 48 heavy (non-hydrogen) atoms. The van der Waals surface area contributed by atoms with E-state index >= 15 is 4.39 Å². The number of aromatic nitrogens is 1. The Morgan fingerprint density at radius 1 is 0.938 bits per heavy atom. The number of halogens is 2. The third-order valence-electron chi connectivity index (χ3n) is 8.26. The third-order valence-corrected chi connectivity index (χ3v) is 8.77. The van der Waals surface area contributed by atoms with Crippen LogP contribution in [0.15, 0.2) is 66.9 Å². The molecule has 4 aromatic rings. The Hall–Kier alpha value is -5.24. The number of thiol groups is 1. The van der Waals surface area contributed by atoms with E-state index < -0.39 is 51.8 Å². The van der Waals surface area contributed by atoms with Crippen LogP contribution in [0, 0.1) is 17.0 Å². The maximum atomic E-state index is 15.4. The van der Waals surface area contributed by atoms with Gasteiger partial charge in [0.05, 0.1) is 22.9 Å². The Kier molecular flexibility index (Phi) is 10.1. The molecule has 3 atom stereocenters. The second-order valence-corrected chi connectivity index (χ2v) is 12.1. The van der Waals surface area contributed by atoms with Crippen molar-refractivity contribution in [3.63, 3.8) is 0 Å². The summed E-state index contributed by atoms with van der Waals surface area (Å²) in [6, 6.07) is 13.6. The molecule has 0 radical (unpaired) electrons. The number of nitrogens with zero attached hydrogens (tertiary/aromatic N) is 1. The average Bonchev–Trinajstić information content (AvgIpc) is 3.82. The van der Waals surface area contributed by atoms with Gasteiger partial charge in [0, 0.05) is 29.3 Å². The number of anilines is 1. The number of nitrogens with one attached hydrogen (secondary N) is 1. The number of hydrogen-bond donors (Lipinski definition) is 5. The fourth-order valence-corrected chi connectivity index (χ4v) is 5.68. The van der Waals surface area contributed by atoms with Gasteiger partial charge in [0.25, 0.3) is 5.91 Å². The van der Waals surface area contributed by atoms with Gasteiger partial charge in [-0.1, -0.05) is 18.9 Å². The highest BCUT2D eigenvalue weighted by Crippen LogP contribution is 2.60. The van der Waals surface area contributed by atoms with Crippen LogP contribution in [0.5, 0.6) is 17.2 Å². The smallest absolute Gasteiger partial charge is 0.252 e. The van der Waals surface area contributed by atoms with Crippen molar-refractivity contribution in [3.8, 4) is 17.2 Å². The molecule has 0 spiro atoms. The Morgan fingerprint density at radius 2 is 1.69 bits per heavy atom. The molecule has 3 aromatic carbocycles. The summed E-state index contributed by atoms with van der Waals surface area (Å²) in [6.07, 6.45) is 4.17. The van der Waals surface area contributed by atoms with Crippen molar-refractivity contribution in [2.24, 2.45) is 22.6 Å². The number of benzene rings is 3. The number of primary amides is 3. The molecule has 250 valence electrons. The number of hydrogen-bond acceptors (Lipinski definition) is 8. The van der Waals surface area contributed by atoms with Crippen LogP contribution in [-0.4, -0.2) is 40.5 Å². The number of ether oxygens (including phenoxy) is 2. The molecule has 5 rings (SSSR count). The zero-order chi connectivity index (χ0) is 34.6. The second kappa shape index (κ2) is 14.3. The van der Waals surface area contributed by atoms with Crippen molar-refractivity contribution >= 4 is 52.8 Å². The van der Waals surface area contributed by atoms with Gasteiger partial charge < -0.3 is 32.0 Å². The molecule has 14 heteroatoms. The summed E-state index contributed by atoms with van der Waals surface area (Å²) in [4.78, 5) is 53.3. The quantitative estimate of drug-likeness (QED) is 0.0683. The van der Waals surface area contributed by atoms with Crippen LogP contribution in [0.4, 0.5) is 14.5 Å². The van der Waals surface area contributed by atoms with E-state index in [1.165, 1.54) is 48.7 Å². The lowest BCUT2D eigenvalue weighted by molar-refractivity contribution is -0.132. The van der Waals surface area contributed by atoms with Crippen molar-refractivity contribution in [2.45, 2.75) is 43.3 Å². The SMILES string of the molecule is NC(=O)c1cc2c(Oc3ccc(C4CC4(C(N)=O)C(=O)Nc4ccc(F)cc4)cc3F)ccnc2cc1OCCCCCC(S)C(N)=O. The van der Waals surface area contributed by atoms with Gasteiger partial charge in [-0.15, -0.1) is 0 Å². The van der Waals surface area contributed by atoms with E-state index in [-0.39, 0.29) is 41.5 Å². The highest BCUT2D eigenvalue weighted by atomic mass is 32.1. The average molecular weight is 678 g/mol. The minimum absolute atomic E-state index is 0.0652. The molecular formula is C34H33F2N5O6S. The fourth-order valence-electron chi connectivity index (χ4n) is 5.50. The zero-order valence-electron chi connectivity index (χ0n) is 25.6. The summed E-state index contributed by atoms with van der Waals surface area (Å²) >= 11 is 4.14. The van der Waals surface area contributed by atoms with Crippen molar-refractivity contribution in [2.75, 3.05) is 11.9 Å². The molecule has 11 nitrogen and oxygen atoms in total. The number of rotatable bonds is 15. The topological polar surface area (TPSA) is 190 Å². The van der Waals surface area contributed by atoms with Gasteiger partial charge in [-0.25, -0.2) is 8.78 Å². The summed E-state index contributed by atoms with van der Waals surface area (Å²) in [5.74, 6) is -4.44. The highest BCUT2D eigenvalue weighted by Gasteiger charge is 2.65. The van der Waals surface area contributed by atoms with Crippen molar-refractivity contribution in [3.05, 3.63) is 89.6 Å². The maximum Gasteiger partial charge on any atom is 0.252 e. The van der Waals surface area contributed by atoms with E-state index in [0.29, 0.717) is 29.3 Å². The summed E-state index contributed by atoms with van der Waals surface area (Å²) in [5.41, 5.74) is 16.0. The van der Waals surface area contributed by atoms with Gasteiger partial charge in [-0.3, -0.25) is 24.2 Å². The van der Waals surface area contributed by atoms with Crippen LogP contribution in [-0.2, 0) is 14.4 Å². The van der Waals surface area contributed by atoms with Crippen molar-refractivity contribution in [1.29, 1.82) is 0 Å². The summed E-state index contributed by atoms with van der Waals surface area (Å²) in [6.45, 7) is 0.277. The summed E-state index contributed by atoms with van der Waals surface area (Å²) in [5, 5.41) is 2.45. The molecule has 1 fully saturated rings. The van der Waals surface area contributed by atoms with Crippen LogP contribution in [0.3, 0.4) is 0 Å². The Bertz CT molecular complexity index is 1890. The van der Waals surface area contributed by atoms with Crippen LogP contribution in [0.25, 0.3) is 10.9 Å². The standard InChI is InChI=1S/C34H33F2N5O6S/c35-19-6-8-20(9-7-19)41-33(45)34(32(39)44)17-23(34)18-5-10-27(24(36)14-18)47-26-11-12-40-25-16-28(22(30(37)42)15-21(25)26)46-13-3-1-2-4-29(48)31(38)43/h5-12,14-16,23,29,48H,1-4,13,17H2,(H2,37,42)(H2,38,43)(H2,39,44)(H,41,45). The summed E-state index contributed by atoms with van der Waals surface area (Å²) in [7, 11) is 0. The lowest BCUT2D eigenvalue weighted by Crippen LogP contribution is -2.37. The Balaban J connectivity index is 1.29. The molecular weight excluding hydrogens is 644 g/mol. The first-order valence-corrected chi connectivity index (χ1v) is 15.6. The fraction of sp³-hybridized carbons (Fsp3) is 0.265. The molecule has 1 aliphatic carbocycles. The van der Waals surface area contributed by atoms with Gasteiger partial charge in [0.1, 0.15) is 22.7 Å². The lowest BCUT2D eigenvalue weighted by atomic mass is 9.96. The van der Waals surface area contributed by atoms with E-state index in [0.717, 1.165) is 25.0 Å². The van der Waals surface area contributed by atoms with Gasteiger partial charge >= 0.3 is 0 Å². The molecule has 0 saturated heterocycles. The number of nitrogens with two attached hydrogens (primary N) is 3. The third kappa shape index (κ3) is 7.33. The van der Waals surface area contributed by atoms with E-state index in [2.05, 4.69) is 22.9 Å². The molecule has 1 saturated carbocycles. The largest absolute Gasteiger partial charge is 0.493 e. The minimum atomic E-state index is -1.60. The second-order valence-electron chi connectivity index (χ2n) is 11.5. The predicted octanol–water partition coefficient (Wildman–Crippen LogP) is 4.72.